The second-order valence-electron chi connectivity index (χ2n) is 3.98. The standard InChI is InChI=1S/C11H13N7/c1-8-3-2-4-10-15-11(17-18(8)10)12-6-5-9-13-7-14-16-9/h2-4,7H,5-6H2,1H3,(H,12,17)(H,13,14,16). The van der Waals surface area contributed by atoms with Crippen LogP contribution in [-0.2, 0) is 6.42 Å². The summed E-state index contributed by atoms with van der Waals surface area (Å²) >= 11 is 0. The van der Waals surface area contributed by atoms with E-state index in [4.69, 9.17) is 0 Å². The van der Waals surface area contributed by atoms with Crippen molar-refractivity contribution in [2.24, 2.45) is 0 Å². The number of rotatable bonds is 4. The molecular formula is C11H13N7. The monoisotopic (exact) mass is 243 g/mol. The van der Waals surface area contributed by atoms with E-state index in [0.29, 0.717) is 12.5 Å². The van der Waals surface area contributed by atoms with Crippen molar-refractivity contribution in [3.8, 4) is 0 Å². The van der Waals surface area contributed by atoms with Crippen molar-refractivity contribution in [1.82, 2.24) is 29.8 Å². The highest BCUT2D eigenvalue weighted by molar-refractivity contribution is 5.44. The molecule has 2 N–H and O–H groups in total. The zero-order valence-corrected chi connectivity index (χ0v) is 9.96. The fraction of sp³-hybridized carbons (Fsp3) is 0.273. The third kappa shape index (κ3) is 2.02. The lowest BCUT2D eigenvalue weighted by atomic mass is 10.4. The summed E-state index contributed by atoms with van der Waals surface area (Å²) in [5, 5.41) is 14.2. The molecule has 3 aromatic heterocycles. The van der Waals surface area contributed by atoms with Crippen molar-refractivity contribution < 1.29 is 0 Å². The van der Waals surface area contributed by atoms with E-state index in [1.165, 1.54) is 6.33 Å². The van der Waals surface area contributed by atoms with E-state index in [1.807, 2.05) is 29.6 Å². The van der Waals surface area contributed by atoms with Crippen LogP contribution in [0.15, 0.2) is 24.5 Å². The van der Waals surface area contributed by atoms with Gasteiger partial charge in [0.1, 0.15) is 12.2 Å². The SMILES string of the molecule is Cc1cccc2nc(NCCc3ncn[nH]3)nn12. The first-order valence-electron chi connectivity index (χ1n) is 5.73. The van der Waals surface area contributed by atoms with Crippen LogP contribution in [0.4, 0.5) is 5.95 Å². The summed E-state index contributed by atoms with van der Waals surface area (Å²) in [6, 6.07) is 5.90. The van der Waals surface area contributed by atoms with Gasteiger partial charge in [0, 0.05) is 18.7 Å². The summed E-state index contributed by atoms with van der Waals surface area (Å²) in [4.78, 5) is 8.44. The van der Waals surface area contributed by atoms with Gasteiger partial charge in [-0.1, -0.05) is 6.07 Å². The lowest BCUT2D eigenvalue weighted by Gasteiger charge is -1.98. The molecule has 3 rings (SSSR count). The molecule has 0 fully saturated rings. The van der Waals surface area contributed by atoms with Crippen LogP contribution in [0, 0.1) is 6.92 Å². The molecule has 0 aliphatic carbocycles. The Balaban J connectivity index is 1.69. The summed E-state index contributed by atoms with van der Waals surface area (Å²) in [7, 11) is 0. The molecule has 0 aromatic carbocycles. The zero-order valence-electron chi connectivity index (χ0n) is 9.96. The van der Waals surface area contributed by atoms with Gasteiger partial charge in [-0.3, -0.25) is 5.10 Å². The number of aromatic amines is 1. The highest BCUT2D eigenvalue weighted by Gasteiger charge is 2.04. The van der Waals surface area contributed by atoms with Crippen LogP contribution in [0.5, 0.6) is 0 Å². The molecule has 92 valence electrons. The van der Waals surface area contributed by atoms with Gasteiger partial charge < -0.3 is 5.32 Å². The van der Waals surface area contributed by atoms with E-state index < -0.39 is 0 Å². The Bertz CT molecular complexity index is 641. The van der Waals surface area contributed by atoms with Crippen molar-refractivity contribution in [3.63, 3.8) is 0 Å². The molecule has 0 amide bonds. The molecule has 0 bridgehead atoms. The Labute approximate surface area is 103 Å². The van der Waals surface area contributed by atoms with E-state index in [2.05, 4.69) is 30.6 Å². The fourth-order valence-corrected chi connectivity index (χ4v) is 1.75. The molecule has 0 atom stereocenters. The number of hydrogen-bond acceptors (Lipinski definition) is 5. The predicted octanol–water partition coefficient (Wildman–Crippen LogP) is 0.810. The molecule has 3 aromatic rings. The van der Waals surface area contributed by atoms with Gasteiger partial charge in [0.15, 0.2) is 5.65 Å². The van der Waals surface area contributed by atoms with Crippen molar-refractivity contribution >= 4 is 11.6 Å². The van der Waals surface area contributed by atoms with Crippen LogP contribution in [0.25, 0.3) is 5.65 Å². The lowest BCUT2D eigenvalue weighted by Crippen LogP contribution is -2.07. The average molecular weight is 243 g/mol. The number of aromatic nitrogens is 6. The van der Waals surface area contributed by atoms with Crippen LogP contribution in [-0.4, -0.2) is 36.3 Å². The summed E-state index contributed by atoms with van der Waals surface area (Å²) in [5.41, 5.74) is 1.90. The smallest absolute Gasteiger partial charge is 0.243 e. The number of fused-ring (bicyclic) bond motifs is 1. The van der Waals surface area contributed by atoms with E-state index >= 15 is 0 Å². The van der Waals surface area contributed by atoms with Crippen molar-refractivity contribution in [3.05, 3.63) is 36.0 Å². The quantitative estimate of drug-likeness (QED) is 0.708. The minimum atomic E-state index is 0.629. The normalized spacial score (nSPS) is 10.9. The van der Waals surface area contributed by atoms with E-state index in [0.717, 1.165) is 23.6 Å². The minimum Gasteiger partial charge on any atom is -0.352 e. The molecule has 0 saturated carbocycles. The van der Waals surface area contributed by atoms with Crippen LogP contribution < -0.4 is 5.32 Å². The van der Waals surface area contributed by atoms with Gasteiger partial charge in [-0.2, -0.15) is 10.1 Å². The third-order valence-electron chi connectivity index (χ3n) is 2.66. The first-order valence-corrected chi connectivity index (χ1v) is 5.73. The molecule has 18 heavy (non-hydrogen) atoms. The Hall–Kier alpha value is -2.44. The molecule has 0 aliphatic rings. The van der Waals surface area contributed by atoms with Crippen molar-refractivity contribution in [2.75, 3.05) is 11.9 Å². The predicted molar refractivity (Wildman–Crippen MR) is 66.3 cm³/mol. The van der Waals surface area contributed by atoms with E-state index in [1.54, 1.807) is 0 Å². The van der Waals surface area contributed by atoms with E-state index in [9.17, 15) is 0 Å². The summed E-state index contributed by atoms with van der Waals surface area (Å²) < 4.78 is 1.82. The van der Waals surface area contributed by atoms with Gasteiger partial charge in [0.2, 0.25) is 5.95 Å². The maximum atomic E-state index is 4.39. The molecule has 0 aliphatic heterocycles. The van der Waals surface area contributed by atoms with Crippen molar-refractivity contribution in [1.29, 1.82) is 0 Å². The van der Waals surface area contributed by atoms with Gasteiger partial charge in [-0.25, -0.2) is 9.50 Å². The number of H-pyrrole nitrogens is 1. The molecular weight excluding hydrogens is 230 g/mol. The van der Waals surface area contributed by atoms with Crippen LogP contribution >= 0.6 is 0 Å². The highest BCUT2D eigenvalue weighted by Crippen LogP contribution is 2.07. The van der Waals surface area contributed by atoms with Gasteiger partial charge >= 0.3 is 0 Å². The zero-order chi connectivity index (χ0) is 12.4. The van der Waals surface area contributed by atoms with Gasteiger partial charge in [-0.15, -0.1) is 5.10 Å². The largest absolute Gasteiger partial charge is 0.352 e. The number of hydrogen-bond donors (Lipinski definition) is 2. The first kappa shape index (κ1) is 10.7. The fourth-order valence-electron chi connectivity index (χ4n) is 1.75. The molecule has 0 radical (unpaired) electrons. The van der Waals surface area contributed by atoms with E-state index in [-0.39, 0.29) is 0 Å². The Morgan fingerprint density at radius 3 is 3.11 bits per heavy atom. The molecule has 7 heteroatoms. The maximum Gasteiger partial charge on any atom is 0.243 e. The minimum absolute atomic E-state index is 0.629. The molecule has 3 heterocycles. The molecule has 0 spiro atoms. The number of pyridine rings is 1. The Morgan fingerprint density at radius 1 is 1.39 bits per heavy atom. The number of anilines is 1. The van der Waals surface area contributed by atoms with Crippen LogP contribution in [0.1, 0.15) is 11.5 Å². The molecule has 7 nitrogen and oxygen atoms in total. The van der Waals surface area contributed by atoms with Crippen LogP contribution in [0.2, 0.25) is 0 Å². The lowest BCUT2D eigenvalue weighted by molar-refractivity contribution is 0.876. The molecule has 0 saturated heterocycles. The second-order valence-corrected chi connectivity index (χ2v) is 3.98. The van der Waals surface area contributed by atoms with Gasteiger partial charge in [0.05, 0.1) is 0 Å². The maximum absolute atomic E-state index is 4.39. The van der Waals surface area contributed by atoms with Gasteiger partial charge in [-0.05, 0) is 19.1 Å². The highest BCUT2D eigenvalue weighted by atomic mass is 15.3. The number of nitrogens with zero attached hydrogens (tertiary/aromatic N) is 5. The Kier molecular flexibility index (Phi) is 2.64. The second kappa shape index (κ2) is 4.44. The van der Waals surface area contributed by atoms with Crippen molar-refractivity contribution in [2.45, 2.75) is 13.3 Å². The summed E-state index contributed by atoms with van der Waals surface area (Å²) in [6.07, 6.45) is 2.26. The average Bonchev–Trinajstić information content (AvgIpc) is 2.98. The number of aryl methyl sites for hydroxylation is 1. The summed E-state index contributed by atoms with van der Waals surface area (Å²) in [5.74, 6) is 1.48. The summed E-state index contributed by atoms with van der Waals surface area (Å²) in [6.45, 7) is 2.71. The topological polar surface area (TPSA) is 83.8 Å². The third-order valence-corrected chi connectivity index (χ3v) is 2.66. The number of nitrogens with one attached hydrogen (secondary N) is 2. The van der Waals surface area contributed by atoms with Gasteiger partial charge in [0.25, 0.3) is 0 Å². The van der Waals surface area contributed by atoms with Crippen LogP contribution in [0.3, 0.4) is 0 Å². The Morgan fingerprint density at radius 2 is 2.33 bits per heavy atom. The molecule has 0 unspecified atom stereocenters. The first-order chi connectivity index (χ1) is 8.83.